The van der Waals surface area contributed by atoms with Crippen LogP contribution in [0.5, 0.6) is 17.2 Å². The van der Waals surface area contributed by atoms with E-state index in [0.717, 1.165) is 24.1 Å². The fourth-order valence-electron chi connectivity index (χ4n) is 3.23. The topological polar surface area (TPSA) is 82.1 Å². The molecule has 0 atom stereocenters. The van der Waals surface area contributed by atoms with Crippen molar-refractivity contribution in [1.29, 1.82) is 0 Å². The van der Waals surface area contributed by atoms with Crippen LogP contribution >= 0.6 is 11.9 Å². The first kappa shape index (κ1) is 28.4. The molecule has 7 nitrogen and oxygen atoms in total. The summed E-state index contributed by atoms with van der Waals surface area (Å²) in [5.41, 5.74) is 1.46. The van der Waals surface area contributed by atoms with Crippen LogP contribution in [0, 0.1) is 13.8 Å². The molecule has 0 aliphatic heterocycles. The van der Waals surface area contributed by atoms with Crippen LogP contribution in [0.15, 0.2) is 70.5 Å². The van der Waals surface area contributed by atoms with Crippen molar-refractivity contribution in [1.82, 2.24) is 3.71 Å². The van der Waals surface area contributed by atoms with Crippen LogP contribution in [0.1, 0.15) is 28.4 Å². The number of hydrogen-bond donors (Lipinski definition) is 0. The summed E-state index contributed by atoms with van der Waals surface area (Å²) in [6.07, 6.45) is -4.78. The van der Waals surface area contributed by atoms with E-state index in [0.29, 0.717) is 27.5 Å². The summed E-state index contributed by atoms with van der Waals surface area (Å²) < 4.78 is 79.1. The van der Waals surface area contributed by atoms with Crippen molar-refractivity contribution < 1.29 is 40.6 Å². The lowest BCUT2D eigenvalue weighted by Gasteiger charge is -2.20. The summed E-state index contributed by atoms with van der Waals surface area (Å²) in [4.78, 5) is 12.7. The van der Waals surface area contributed by atoms with Gasteiger partial charge in [0.25, 0.3) is 10.0 Å². The van der Waals surface area contributed by atoms with Crippen molar-refractivity contribution in [2.24, 2.45) is 0 Å². The van der Waals surface area contributed by atoms with Gasteiger partial charge in [-0.1, -0.05) is 6.92 Å². The summed E-state index contributed by atoms with van der Waals surface area (Å²) >= 11 is 0.993. The summed E-state index contributed by atoms with van der Waals surface area (Å²) in [5.74, 6) is -0.290. The molecular weight excluding hydrogens is 531 g/mol. The minimum absolute atomic E-state index is 0.0248. The molecule has 0 aliphatic carbocycles. The van der Waals surface area contributed by atoms with E-state index in [-0.39, 0.29) is 22.8 Å². The van der Waals surface area contributed by atoms with Gasteiger partial charge in [0.2, 0.25) is 0 Å². The second kappa shape index (κ2) is 11.4. The third kappa shape index (κ3) is 7.18. The number of halogens is 3. The Morgan fingerprint density at radius 1 is 0.946 bits per heavy atom. The number of nitrogens with zero attached hydrogens (tertiary/aromatic N) is 1. The van der Waals surface area contributed by atoms with E-state index in [9.17, 15) is 26.4 Å². The van der Waals surface area contributed by atoms with Crippen molar-refractivity contribution in [3.63, 3.8) is 0 Å². The molecule has 0 saturated carbocycles. The second-order valence-corrected chi connectivity index (χ2v) is 10.9. The second-order valence-electron chi connectivity index (χ2n) is 7.71. The number of aryl methyl sites for hydroxylation is 1. The molecule has 0 N–H and O–H groups in total. The molecule has 3 aromatic rings. The molecule has 198 valence electrons. The van der Waals surface area contributed by atoms with Gasteiger partial charge in [-0.25, -0.2) is 13.2 Å². The number of carbonyl (C=O) groups is 1. The Hall–Kier alpha value is -3.22. The summed E-state index contributed by atoms with van der Waals surface area (Å²) in [6.45, 7) is 5.28. The molecule has 37 heavy (non-hydrogen) atoms. The summed E-state index contributed by atoms with van der Waals surface area (Å²) in [5, 5.41) is 0. The number of benzene rings is 3. The minimum Gasteiger partial charge on any atom is -0.465 e. The van der Waals surface area contributed by atoms with Gasteiger partial charge in [-0.05, 0) is 97.6 Å². The maximum absolute atomic E-state index is 13.4. The van der Waals surface area contributed by atoms with Gasteiger partial charge in [0, 0.05) is 11.4 Å². The van der Waals surface area contributed by atoms with Crippen molar-refractivity contribution in [2.45, 2.75) is 36.9 Å². The molecule has 3 aromatic carbocycles. The first-order valence-electron chi connectivity index (χ1n) is 10.9. The van der Waals surface area contributed by atoms with Crippen LogP contribution in [0.2, 0.25) is 0 Å². The number of carbonyl (C=O) groups excluding carboxylic acids is 1. The summed E-state index contributed by atoms with van der Waals surface area (Å²) in [7, 11) is -2.73. The molecule has 3 rings (SSSR count). The number of sulfonamides is 1. The standard InChI is InChI=1S/C25H24F3NO6S2/c1-5-29(37(31,32)22-14-16(2)17(3)23(15-22)24(30)33-4)36-21-12-10-19(11-13-21)34-18-6-8-20(9-7-18)35-25(26,27)28/h6-15H,5H2,1-4H3. The molecule has 0 heterocycles. The van der Waals surface area contributed by atoms with Crippen LogP contribution in [0.25, 0.3) is 0 Å². The maximum atomic E-state index is 13.4. The van der Waals surface area contributed by atoms with Gasteiger partial charge in [0.1, 0.15) is 17.2 Å². The lowest BCUT2D eigenvalue weighted by atomic mass is 10.0. The molecule has 0 aromatic heterocycles. The Morgan fingerprint density at radius 3 is 2.00 bits per heavy atom. The van der Waals surface area contributed by atoms with Crippen LogP contribution in [0.3, 0.4) is 0 Å². The van der Waals surface area contributed by atoms with Gasteiger partial charge < -0.3 is 14.2 Å². The average molecular weight is 556 g/mol. The van der Waals surface area contributed by atoms with E-state index >= 15 is 0 Å². The zero-order valence-corrected chi connectivity index (χ0v) is 22.0. The van der Waals surface area contributed by atoms with Crippen molar-refractivity contribution >= 4 is 27.9 Å². The van der Waals surface area contributed by atoms with Gasteiger partial charge in [-0.3, -0.25) is 0 Å². The normalized spacial score (nSPS) is 11.9. The zero-order valence-electron chi connectivity index (χ0n) is 20.3. The highest BCUT2D eigenvalue weighted by atomic mass is 32.3. The molecule has 0 radical (unpaired) electrons. The quantitative estimate of drug-likeness (QED) is 0.220. The predicted molar refractivity (Wildman–Crippen MR) is 132 cm³/mol. The van der Waals surface area contributed by atoms with Crippen molar-refractivity contribution in [2.75, 3.05) is 13.7 Å². The first-order valence-corrected chi connectivity index (χ1v) is 13.1. The van der Waals surface area contributed by atoms with Gasteiger partial charge in [0.05, 0.1) is 17.6 Å². The van der Waals surface area contributed by atoms with Crippen molar-refractivity contribution in [3.05, 3.63) is 77.4 Å². The Bertz CT molecular complexity index is 1360. The lowest BCUT2D eigenvalue weighted by Crippen LogP contribution is -2.25. The molecular formula is C25H24F3NO6S2. The third-order valence-corrected chi connectivity index (χ3v) is 8.58. The Kier molecular flexibility index (Phi) is 8.77. The fraction of sp³-hybridized carbons (Fsp3) is 0.240. The maximum Gasteiger partial charge on any atom is 0.573 e. The van der Waals surface area contributed by atoms with Crippen LogP contribution in [0.4, 0.5) is 13.2 Å². The highest BCUT2D eigenvalue weighted by Gasteiger charge is 2.31. The van der Waals surface area contributed by atoms with E-state index in [1.807, 2.05) is 0 Å². The first-order chi connectivity index (χ1) is 17.3. The fourth-order valence-corrected chi connectivity index (χ4v) is 5.93. The average Bonchev–Trinajstić information content (AvgIpc) is 2.84. The highest BCUT2D eigenvalue weighted by molar-refractivity contribution is 8.08. The molecule has 0 spiro atoms. The van der Waals surface area contributed by atoms with E-state index in [4.69, 9.17) is 9.47 Å². The van der Waals surface area contributed by atoms with Gasteiger partial charge >= 0.3 is 12.3 Å². The Balaban J connectivity index is 1.75. The van der Waals surface area contributed by atoms with Crippen LogP contribution in [-0.2, 0) is 14.8 Å². The smallest absolute Gasteiger partial charge is 0.465 e. The van der Waals surface area contributed by atoms with E-state index in [1.54, 1.807) is 45.0 Å². The predicted octanol–water partition coefficient (Wildman–Crippen LogP) is 6.50. The number of ether oxygens (including phenoxy) is 3. The van der Waals surface area contributed by atoms with E-state index in [2.05, 4.69) is 4.74 Å². The Morgan fingerprint density at radius 2 is 1.49 bits per heavy atom. The number of methoxy groups -OCH3 is 1. The minimum atomic E-state index is -4.78. The third-order valence-electron chi connectivity index (χ3n) is 5.19. The highest BCUT2D eigenvalue weighted by Crippen LogP contribution is 2.33. The molecule has 0 amide bonds. The van der Waals surface area contributed by atoms with Gasteiger partial charge in [0.15, 0.2) is 0 Å². The molecule has 12 heteroatoms. The Labute approximate surface area is 217 Å². The largest absolute Gasteiger partial charge is 0.573 e. The van der Waals surface area contributed by atoms with E-state index < -0.39 is 22.4 Å². The molecule has 0 aliphatic rings. The van der Waals surface area contributed by atoms with Gasteiger partial charge in [-0.15, -0.1) is 16.9 Å². The van der Waals surface area contributed by atoms with Crippen LogP contribution in [-0.4, -0.2) is 38.1 Å². The van der Waals surface area contributed by atoms with Gasteiger partial charge in [-0.2, -0.15) is 0 Å². The number of hydrogen-bond acceptors (Lipinski definition) is 7. The molecule has 0 bridgehead atoms. The molecule has 0 saturated heterocycles. The molecule has 0 unspecified atom stereocenters. The monoisotopic (exact) mass is 555 g/mol. The number of rotatable bonds is 9. The number of esters is 1. The zero-order chi connectivity index (χ0) is 27.4. The van der Waals surface area contributed by atoms with Crippen molar-refractivity contribution in [3.8, 4) is 17.2 Å². The van der Waals surface area contributed by atoms with Crippen LogP contribution < -0.4 is 9.47 Å². The SMILES string of the molecule is CCN(Sc1ccc(Oc2ccc(OC(F)(F)F)cc2)cc1)S(=O)(=O)c1cc(C)c(C)c(C(=O)OC)c1. The lowest BCUT2D eigenvalue weighted by molar-refractivity contribution is -0.274. The summed E-state index contributed by atoms with van der Waals surface area (Å²) in [6, 6.07) is 14.3. The molecule has 0 fully saturated rings. The number of alkyl halides is 3. The van der Waals surface area contributed by atoms with E-state index in [1.165, 1.54) is 35.1 Å².